The molecule has 0 radical (unpaired) electrons. The molecule has 1 aromatic carbocycles. The van der Waals surface area contributed by atoms with Crippen LogP contribution in [0.5, 0.6) is 0 Å². The Morgan fingerprint density at radius 2 is 2.40 bits per heavy atom. The molecule has 2 rings (SSSR count). The van der Waals surface area contributed by atoms with Gasteiger partial charge >= 0.3 is 0 Å². The monoisotopic (exact) mass is 298 g/mol. The van der Waals surface area contributed by atoms with Gasteiger partial charge in [-0.1, -0.05) is 29.8 Å². The van der Waals surface area contributed by atoms with Crippen LogP contribution in [0.15, 0.2) is 24.3 Å². The summed E-state index contributed by atoms with van der Waals surface area (Å²) in [5, 5.41) is 6.60. The molecular formula is C14H19ClN2O3. The molecular weight excluding hydrogens is 280 g/mol. The first-order valence-electron chi connectivity index (χ1n) is 6.58. The maximum absolute atomic E-state index is 12.0. The summed E-state index contributed by atoms with van der Waals surface area (Å²) in [5.41, 5.74) is 0.866. The van der Waals surface area contributed by atoms with Crippen molar-refractivity contribution in [3.8, 4) is 0 Å². The summed E-state index contributed by atoms with van der Waals surface area (Å²) in [5.74, 6) is -0.0844. The predicted molar refractivity (Wildman–Crippen MR) is 76.8 cm³/mol. The quantitative estimate of drug-likeness (QED) is 0.856. The number of rotatable bonds is 5. The number of ether oxygens (including phenoxy) is 2. The van der Waals surface area contributed by atoms with Crippen molar-refractivity contribution in [1.29, 1.82) is 0 Å². The molecule has 1 aromatic rings. The highest BCUT2D eigenvalue weighted by Crippen LogP contribution is 2.24. The van der Waals surface area contributed by atoms with Crippen LogP contribution >= 0.6 is 11.6 Å². The van der Waals surface area contributed by atoms with E-state index in [0.29, 0.717) is 31.3 Å². The van der Waals surface area contributed by atoms with E-state index in [1.54, 1.807) is 13.2 Å². The van der Waals surface area contributed by atoms with Crippen LogP contribution in [0.4, 0.5) is 0 Å². The minimum Gasteiger partial charge on any atom is -0.378 e. The van der Waals surface area contributed by atoms with E-state index in [4.69, 9.17) is 21.1 Å². The second-order valence-electron chi connectivity index (χ2n) is 4.57. The minimum atomic E-state index is -0.299. The van der Waals surface area contributed by atoms with Crippen LogP contribution in [-0.2, 0) is 14.3 Å². The summed E-state index contributed by atoms with van der Waals surface area (Å²) in [6.45, 7) is 2.10. The van der Waals surface area contributed by atoms with Crippen LogP contribution in [0.2, 0.25) is 5.02 Å². The van der Waals surface area contributed by atoms with Gasteiger partial charge < -0.3 is 20.1 Å². The SMILES string of the molecule is CO[C@@H](CNC(=O)[C@H]1COCCN1)c1ccccc1Cl. The van der Waals surface area contributed by atoms with E-state index in [-0.39, 0.29) is 18.1 Å². The van der Waals surface area contributed by atoms with E-state index in [9.17, 15) is 4.79 Å². The number of carbonyl (C=O) groups excluding carboxylic acids is 1. The lowest BCUT2D eigenvalue weighted by molar-refractivity contribution is -0.126. The van der Waals surface area contributed by atoms with Crippen molar-refractivity contribution in [3.05, 3.63) is 34.9 Å². The second kappa shape index (κ2) is 7.59. The van der Waals surface area contributed by atoms with Gasteiger partial charge in [-0.05, 0) is 6.07 Å². The van der Waals surface area contributed by atoms with Gasteiger partial charge in [0, 0.05) is 30.8 Å². The molecule has 1 aliphatic heterocycles. The Kier molecular flexibility index (Phi) is 5.79. The molecule has 2 N–H and O–H groups in total. The lowest BCUT2D eigenvalue weighted by atomic mass is 10.1. The molecule has 1 heterocycles. The third kappa shape index (κ3) is 3.93. The van der Waals surface area contributed by atoms with Crippen molar-refractivity contribution in [2.24, 2.45) is 0 Å². The highest BCUT2D eigenvalue weighted by Gasteiger charge is 2.22. The summed E-state index contributed by atoms with van der Waals surface area (Å²) >= 11 is 6.14. The fourth-order valence-electron chi connectivity index (χ4n) is 2.11. The van der Waals surface area contributed by atoms with Crippen molar-refractivity contribution in [3.63, 3.8) is 0 Å². The summed E-state index contributed by atoms with van der Waals surface area (Å²) < 4.78 is 10.7. The van der Waals surface area contributed by atoms with Crippen LogP contribution in [0.25, 0.3) is 0 Å². The molecule has 0 saturated carbocycles. The van der Waals surface area contributed by atoms with E-state index < -0.39 is 0 Å². The summed E-state index contributed by atoms with van der Waals surface area (Å²) in [7, 11) is 1.60. The highest BCUT2D eigenvalue weighted by molar-refractivity contribution is 6.31. The Bertz CT molecular complexity index is 450. The van der Waals surface area contributed by atoms with Crippen LogP contribution in [-0.4, -0.2) is 45.4 Å². The van der Waals surface area contributed by atoms with Crippen LogP contribution in [0.3, 0.4) is 0 Å². The van der Waals surface area contributed by atoms with Crippen LogP contribution in [0.1, 0.15) is 11.7 Å². The first-order chi connectivity index (χ1) is 9.72. The minimum absolute atomic E-state index is 0.0844. The zero-order chi connectivity index (χ0) is 14.4. The number of amides is 1. The molecule has 20 heavy (non-hydrogen) atoms. The van der Waals surface area contributed by atoms with Gasteiger partial charge in [0.1, 0.15) is 12.1 Å². The Morgan fingerprint density at radius 3 is 3.05 bits per heavy atom. The van der Waals surface area contributed by atoms with E-state index in [1.807, 2.05) is 18.2 Å². The Hall–Kier alpha value is -1.14. The Balaban J connectivity index is 1.90. The van der Waals surface area contributed by atoms with Crippen molar-refractivity contribution < 1.29 is 14.3 Å². The first kappa shape index (κ1) is 15.3. The smallest absolute Gasteiger partial charge is 0.239 e. The molecule has 0 aromatic heterocycles. The van der Waals surface area contributed by atoms with E-state index in [1.165, 1.54) is 0 Å². The summed E-state index contributed by atoms with van der Waals surface area (Å²) in [6, 6.07) is 7.16. The predicted octanol–water partition coefficient (Wildman–Crippen LogP) is 1.13. The molecule has 0 aliphatic carbocycles. The zero-order valence-electron chi connectivity index (χ0n) is 11.4. The number of hydrogen-bond acceptors (Lipinski definition) is 4. The normalized spacial score (nSPS) is 20.4. The molecule has 0 spiro atoms. The highest BCUT2D eigenvalue weighted by atomic mass is 35.5. The lowest BCUT2D eigenvalue weighted by Gasteiger charge is -2.24. The van der Waals surface area contributed by atoms with E-state index >= 15 is 0 Å². The molecule has 0 bridgehead atoms. The van der Waals surface area contributed by atoms with Crippen LogP contribution in [0, 0.1) is 0 Å². The molecule has 0 unspecified atom stereocenters. The molecule has 1 fully saturated rings. The third-order valence-electron chi connectivity index (χ3n) is 3.24. The van der Waals surface area contributed by atoms with Gasteiger partial charge in [-0.2, -0.15) is 0 Å². The molecule has 1 saturated heterocycles. The number of benzene rings is 1. The lowest BCUT2D eigenvalue weighted by Crippen LogP contribution is -2.51. The first-order valence-corrected chi connectivity index (χ1v) is 6.96. The van der Waals surface area contributed by atoms with Gasteiger partial charge in [-0.3, -0.25) is 4.79 Å². The van der Waals surface area contributed by atoms with E-state index in [2.05, 4.69) is 10.6 Å². The molecule has 110 valence electrons. The number of carbonyl (C=O) groups is 1. The summed E-state index contributed by atoms with van der Waals surface area (Å²) in [6.07, 6.45) is -0.267. The van der Waals surface area contributed by atoms with Gasteiger partial charge in [0.25, 0.3) is 0 Å². The van der Waals surface area contributed by atoms with Crippen molar-refractivity contribution in [2.75, 3.05) is 33.4 Å². The largest absolute Gasteiger partial charge is 0.378 e. The fourth-order valence-corrected chi connectivity index (χ4v) is 2.36. The third-order valence-corrected chi connectivity index (χ3v) is 3.58. The summed E-state index contributed by atoms with van der Waals surface area (Å²) in [4.78, 5) is 12.0. The van der Waals surface area contributed by atoms with E-state index in [0.717, 1.165) is 5.56 Å². The molecule has 5 nitrogen and oxygen atoms in total. The molecule has 1 amide bonds. The molecule has 2 atom stereocenters. The average molecular weight is 299 g/mol. The Labute approximate surface area is 123 Å². The van der Waals surface area contributed by atoms with Gasteiger partial charge in [0.15, 0.2) is 0 Å². The number of morpholine rings is 1. The Morgan fingerprint density at radius 1 is 1.60 bits per heavy atom. The maximum atomic E-state index is 12.0. The number of nitrogens with one attached hydrogen (secondary N) is 2. The standard InChI is InChI=1S/C14H19ClN2O3/c1-19-13(10-4-2-3-5-11(10)15)8-17-14(18)12-9-20-7-6-16-12/h2-5,12-13,16H,6-9H2,1H3,(H,17,18)/t12-,13+/m1/s1. The number of halogens is 1. The average Bonchev–Trinajstić information content (AvgIpc) is 2.50. The molecule has 6 heteroatoms. The number of hydrogen-bond donors (Lipinski definition) is 2. The van der Waals surface area contributed by atoms with Crippen molar-refractivity contribution in [1.82, 2.24) is 10.6 Å². The fraction of sp³-hybridized carbons (Fsp3) is 0.500. The number of methoxy groups -OCH3 is 1. The zero-order valence-corrected chi connectivity index (χ0v) is 12.2. The van der Waals surface area contributed by atoms with Gasteiger partial charge in [0.05, 0.1) is 13.2 Å². The van der Waals surface area contributed by atoms with Gasteiger partial charge in [0.2, 0.25) is 5.91 Å². The van der Waals surface area contributed by atoms with Crippen molar-refractivity contribution in [2.45, 2.75) is 12.1 Å². The second-order valence-corrected chi connectivity index (χ2v) is 4.98. The topological polar surface area (TPSA) is 59.6 Å². The molecule has 1 aliphatic rings. The van der Waals surface area contributed by atoms with Crippen LogP contribution < -0.4 is 10.6 Å². The van der Waals surface area contributed by atoms with Gasteiger partial charge in [-0.25, -0.2) is 0 Å². The maximum Gasteiger partial charge on any atom is 0.239 e. The van der Waals surface area contributed by atoms with Gasteiger partial charge in [-0.15, -0.1) is 0 Å². The van der Waals surface area contributed by atoms with Crippen molar-refractivity contribution >= 4 is 17.5 Å².